The number of nitrogens with zero attached hydrogens (tertiary/aromatic N) is 3. The third kappa shape index (κ3) is 4.04. The zero-order valence-corrected chi connectivity index (χ0v) is 16.2. The number of benzene rings is 1. The number of phenols is 1. The molecule has 1 unspecified atom stereocenters. The van der Waals surface area contributed by atoms with E-state index in [-0.39, 0.29) is 17.4 Å². The zero-order valence-electron chi connectivity index (χ0n) is 15.4. The molecule has 2 heterocycles. The first-order valence-corrected chi connectivity index (χ1v) is 9.43. The second-order valence-corrected chi connectivity index (χ2v) is 6.97. The van der Waals surface area contributed by atoms with Gasteiger partial charge in [-0.15, -0.1) is 0 Å². The first-order valence-electron chi connectivity index (χ1n) is 8.70. The van der Waals surface area contributed by atoms with E-state index in [0.717, 1.165) is 29.5 Å². The van der Waals surface area contributed by atoms with Gasteiger partial charge in [-0.25, -0.2) is 0 Å². The Morgan fingerprint density at radius 3 is 2.74 bits per heavy atom. The lowest BCUT2D eigenvalue weighted by Gasteiger charge is -2.15. The molecule has 0 aliphatic carbocycles. The summed E-state index contributed by atoms with van der Waals surface area (Å²) in [6.45, 7) is 6.30. The van der Waals surface area contributed by atoms with Gasteiger partial charge in [0.2, 0.25) is 0 Å². The Kier molecular flexibility index (Phi) is 5.62. The molecule has 0 fully saturated rings. The van der Waals surface area contributed by atoms with Crippen molar-refractivity contribution in [1.29, 1.82) is 5.26 Å². The molecule has 2 aromatic heterocycles. The highest BCUT2D eigenvalue weighted by atomic mass is 32.1. The molecule has 0 bridgehead atoms. The van der Waals surface area contributed by atoms with Crippen LogP contribution in [0.1, 0.15) is 56.0 Å². The maximum absolute atomic E-state index is 10.2. The molecule has 3 aromatic rings. The molecule has 8 heteroatoms. The van der Waals surface area contributed by atoms with E-state index in [2.05, 4.69) is 46.2 Å². The number of anilines is 3. The van der Waals surface area contributed by atoms with E-state index in [9.17, 15) is 5.11 Å². The summed E-state index contributed by atoms with van der Waals surface area (Å²) in [5.74, 6) is 2.18. The van der Waals surface area contributed by atoms with Crippen LogP contribution >= 0.6 is 11.7 Å². The van der Waals surface area contributed by atoms with Crippen LogP contribution in [0.3, 0.4) is 0 Å². The number of rotatable bonds is 7. The molecule has 1 aromatic carbocycles. The molecular weight excluding hydrogens is 362 g/mol. The third-order valence-electron chi connectivity index (χ3n) is 4.27. The molecule has 0 saturated carbocycles. The van der Waals surface area contributed by atoms with Gasteiger partial charge in [-0.3, -0.25) is 0 Å². The molecule has 3 rings (SSSR count). The Labute approximate surface area is 162 Å². The first kappa shape index (κ1) is 18.7. The minimum Gasteiger partial charge on any atom is -0.504 e. The highest BCUT2D eigenvalue weighted by Crippen LogP contribution is 2.34. The van der Waals surface area contributed by atoms with Crippen molar-refractivity contribution in [3.63, 3.8) is 0 Å². The molecule has 140 valence electrons. The van der Waals surface area contributed by atoms with Crippen LogP contribution in [0.25, 0.3) is 0 Å². The van der Waals surface area contributed by atoms with Gasteiger partial charge >= 0.3 is 0 Å². The Hall–Kier alpha value is -3.05. The van der Waals surface area contributed by atoms with Crippen LogP contribution in [0.2, 0.25) is 0 Å². The number of para-hydroxylation sites is 1. The van der Waals surface area contributed by atoms with Crippen molar-refractivity contribution in [3.05, 3.63) is 47.4 Å². The van der Waals surface area contributed by atoms with Crippen molar-refractivity contribution in [2.75, 3.05) is 10.6 Å². The minimum atomic E-state index is -0.112. The number of hydrogen-bond acceptors (Lipinski definition) is 8. The molecule has 27 heavy (non-hydrogen) atoms. The van der Waals surface area contributed by atoms with Gasteiger partial charge in [0, 0.05) is 0 Å². The summed E-state index contributed by atoms with van der Waals surface area (Å²) < 4.78 is 14.3. The number of nitrogens with one attached hydrogen (secondary N) is 2. The molecule has 0 saturated heterocycles. The fourth-order valence-corrected chi connectivity index (χ4v) is 3.10. The smallest absolute Gasteiger partial charge is 0.188 e. The summed E-state index contributed by atoms with van der Waals surface area (Å²) in [6, 6.07) is 8.88. The molecule has 7 nitrogen and oxygen atoms in total. The van der Waals surface area contributed by atoms with Gasteiger partial charge in [-0.1, -0.05) is 26.8 Å². The lowest BCUT2D eigenvalue weighted by Crippen LogP contribution is -2.10. The number of furan rings is 1. The van der Waals surface area contributed by atoms with E-state index in [1.165, 1.54) is 0 Å². The highest BCUT2D eigenvalue weighted by Gasteiger charge is 2.19. The molecular formula is C19H21N5O2S. The van der Waals surface area contributed by atoms with Crippen LogP contribution in [0.5, 0.6) is 5.75 Å². The lowest BCUT2D eigenvalue weighted by atomic mass is 10.1. The molecule has 0 amide bonds. The van der Waals surface area contributed by atoms with Crippen molar-refractivity contribution in [3.8, 4) is 11.8 Å². The standard InChI is InChI=1S/C19H21N5O2S/c1-4-14(16-8-13(10-26-16)11(2)3)21-18-19(24-27-23-18)22-15-7-5-6-12(9-20)17(15)25/h5-8,10-11,14,25H,4H2,1-3H3,(H,21,23)(H,22,24). The Balaban J connectivity index is 1.81. The second-order valence-electron chi connectivity index (χ2n) is 6.44. The van der Waals surface area contributed by atoms with Gasteiger partial charge < -0.3 is 20.2 Å². The summed E-state index contributed by atoms with van der Waals surface area (Å²) in [5, 5.41) is 25.6. The van der Waals surface area contributed by atoms with Crippen molar-refractivity contribution in [2.45, 2.75) is 39.2 Å². The number of aromatic hydroxyl groups is 1. The molecule has 1 atom stereocenters. The maximum Gasteiger partial charge on any atom is 0.188 e. The molecule has 0 aliphatic heterocycles. The van der Waals surface area contributed by atoms with Crippen molar-refractivity contribution in [2.24, 2.45) is 0 Å². The average Bonchev–Trinajstić information content (AvgIpc) is 3.31. The fourth-order valence-electron chi connectivity index (χ4n) is 2.62. The van der Waals surface area contributed by atoms with Crippen LogP contribution in [-0.4, -0.2) is 13.9 Å². The first-order chi connectivity index (χ1) is 13.0. The quantitative estimate of drug-likeness (QED) is 0.485. The number of hydrogen-bond donors (Lipinski definition) is 3. The van der Waals surface area contributed by atoms with Gasteiger partial charge in [0.05, 0.1) is 35.3 Å². The summed E-state index contributed by atoms with van der Waals surface area (Å²) in [5.41, 5.74) is 1.75. The SMILES string of the molecule is CCC(Nc1nsnc1Nc1cccc(C#N)c1O)c1cc(C(C)C)co1. The Morgan fingerprint density at radius 1 is 1.30 bits per heavy atom. The lowest BCUT2D eigenvalue weighted by molar-refractivity contribution is 0.471. The van der Waals surface area contributed by atoms with Gasteiger partial charge in [0.25, 0.3) is 0 Å². The van der Waals surface area contributed by atoms with Crippen molar-refractivity contribution in [1.82, 2.24) is 8.75 Å². The predicted octanol–water partition coefficient (Wildman–Crippen LogP) is 5.14. The van der Waals surface area contributed by atoms with Gasteiger partial charge in [-0.2, -0.15) is 14.0 Å². The predicted molar refractivity (Wildman–Crippen MR) is 105 cm³/mol. The van der Waals surface area contributed by atoms with E-state index >= 15 is 0 Å². The molecule has 0 aliphatic rings. The van der Waals surface area contributed by atoms with Crippen LogP contribution in [0.4, 0.5) is 17.3 Å². The Bertz CT molecular complexity index is 957. The fraction of sp³-hybridized carbons (Fsp3) is 0.316. The van der Waals surface area contributed by atoms with E-state index in [0.29, 0.717) is 23.2 Å². The summed E-state index contributed by atoms with van der Waals surface area (Å²) in [7, 11) is 0. The third-order valence-corrected chi connectivity index (χ3v) is 4.80. The van der Waals surface area contributed by atoms with E-state index in [1.54, 1.807) is 24.5 Å². The Morgan fingerprint density at radius 2 is 2.07 bits per heavy atom. The highest BCUT2D eigenvalue weighted by molar-refractivity contribution is 6.99. The number of aromatic nitrogens is 2. The van der Waals surface area contributed by atoms with E-state index in [1.807, 2.05) is 6.07 Å². The monoisotopic (exact) mass is 383 g/mol. The van der Waals surface area contributed by atoms with Crippen LogP contribution in [0.15, 0.2) is 34.9 Å². The van der Waals surface area contributed by atoms with Crippen LogP contribution in [-0.2, 0) is 0 Å². The van der Waals surface area contributed by atoms with E-state index in [4.69, 9.17) is 9.68 Å². The van der Waals surface area contributed by atoms with Crippen molar-refractivity contribution < 1.29 is 9.52 Å². The van der Waals surface area contributed by atoms with Crippen LogP contribution in [0, 0.1) is 11.3 Å². The van der Waals surface area contributed by atoms with Crippen LogP contribution < -0.4 is 10.6 Å². The van der Waals surface area contributed by atoms with Gasteiger partial charge in [0.15, 0.2) is 17.4 Å². The van der Waals surface area contributed by atoms with Gasteiger partial charge in [0.1, 0.15) is 11.8 Å². The normalized spacial score (nSPS) is 12.0. The topological polar surface area (TPSA) is 107 Å². The summed E-state index contributed by atoms with van der Waals surface area (Å²) in [6.07, 6.45) is 2.59. The van der Waals surface area contributed by atoms with E-state index < -0.39 is 0 Å². The number of phenolic OH excluding ortho intramolecular Hbond substituents is 1. The second kappa shape index (κ2) is 8.10. The molecule has 3 N–H and O–H groups in total. The average molecular weight is 383 g/mol. The molecule has 0 spiro atoms. The zero-order chi connectivity index (χ0) is 19.4. The summed E-state index contributed by atoms with van der Waals surface area (Å²) >= 11 is 1.06. The maximum atomic E-state index is 10.2. The largest absolute Gasteiger partial charge is 0.504 e. The minimum absolute atomic E-state index is 0.0546. The summed E-state index contributed by atoms with van der Waals surface area (Å²) in [4.78, 5) is 0. The van der Waals surface area contributed by atoms with Gasteiger partial charge in [-0.05, 0) is 36.1 Å². The molecule has 0 radical (unpaired) electrons. The van der Waals surface area contributed by atoms with Crippen molar-refractivity contribution >= 4 is 29.1 Å². The number of nitriles is 1.